The Balaban J connectivity index is 1.98. The molecule has 2 rings (SSSR count). The quantitative estimate of drug-likeness (QED) is 0.560. The van der Waals surface area contributed by atoms with E-state index in [-0.39, 0.29) is 18.3 Å². The number of nitrogens with one attached hydrogen (secondary N) is 1. The summed E-state index contributed by atoms with van der Waals surface area (Å²) in [6.45, 7) is 2.66. The third kappa shape index (κ3) is 6.61. The van der Waals surface area contributed by atoms with Crippen molar-refractivity contribution in [3.8, 4) is 17.2 Å². The summed E-state index contributed by atoms with van der Waals surface area (Å²) in [6.07, 6.45) is -4.73. The average Bonchev–Trinajstić information content (AvgIpc) is 2.61. The number of nitrogens with zero attached hydrogens (tertiary/aromatic N) is 1. The van der Waals surface area contributed by atoms with E-state index < -0.39 is 6.36 Å². The summed E-state index contributed by atoms with van der Waals surface area (Å²) < 4.78 is 51.0. The highest BCUT2D eigenvalue weighted by Gasteiger charge is 2.30. The van der Waals surface area contributed by atoms with E-state index in [0.29, 0.717) is 23.8 Å². The van der Waals surface area contributed by atoms with Crippen molar-refractivity contribution >= 4 is 11.6 Å². The van der Waals surface area contributed by atoms with Crippen LogP contribution in [-0.4, -0.2) is 26.0 Å². The first-order chi connectivity index (χ1) is 12.8. The minimum absolute atomic E-state index is 0.119. The third-order valence-electron chi connectivity index (χ3n) is 3.32. The Kier molecular flexibility index (Phi) is 6.75. The predicted molar refractivity (Wildman–Crippen MR) is 96.2 cm³/mol. The van der Waals surface area contributed by atoms with Crippen molar-refractivity contribution in [2.45, 2.75) is 19.8 Å². The van der Waals surface area contributed by atoms with Gasteiger partial charge in [0.1, 0.15) is 5.75 Å². The standard InChI is InChI=1S/C18H20F3N3O3/c1-3-26-16-10-12(4-9-15(16)25-2)11-23-17(22)24-13-5-7-14(8-6-13)27-18(19,20)21/h4-10H,3,11H2,1-2H3,(H3,22,23,24). The second kappa shape index (κ2) is 9.02. The Morgan fingerprint density at radius 1 is 1.11 bits per heavy atom. The molecule has 0 heterocycles. The van der Waals surface area contributed by atoms with Gasteiger partial charge < -0.3 is 25.3 Å². The van der Waals surface area contributed by atoms with Gasteiger partial charge in [-0.05, 0) is 48.9 Å². The number of aliphatic imine (C=N–C) groups is 1. The smallest absolute Gasteiger partial charge is 0.493 e. The average molecular weight is 383 g/mol. The van der Waals surface area contributed by atoms with Gasteiger partial charge in [-0.3, -0.25) is 0 Å². The van der Waals surface area contributed by atoms with E-state index in [1.807, 2.05) is 19.1 Å². The molecule has 0 radical (unpaired) electrons. The van der Waals surface area contributed by atoms with Gasteiger partial charge in [-0.1, -0.05) is 6.07 Å². The molecule has 0 aliphatic heterocycles. The third-order valence-corrected chi connectivity index (χ3v) is 3.32. The number of anilines is 1. The monoisotopic (exact) mass is 383 g/mol. The van der Waals surface area contributed by atoms with Gasteiger partial charge in [0.25, 0.3) is 0 Å². The first-order valence-corrected chi connectivity index (χ1v) is 8.03. The van der Waals surface area contributed by atoms with Crippen molar-refractivity contribution < 1.29 is 27.4 Å². The number of nitrogens with two attached hydrogens (primary N) is 1. The van der Waals surface area contributed by atoms with E-state index in [1.165, 1.54) is 24.3 Å². The maximum atomic E-state index is 12.1. The molecule has 2 aromatic carbocycles. The van der Waals surface area contributed by atoms with Gasteiger partial charge >= 0.3 is 6.36 Å². The number of rotatable bonds is 7. The zero-order valence-corrected chi connectivity index (χ0v) is 14.8. The van der Waals surface area contributed by atoms with Gasteiger partial charge in [-0.15, -0.1) is 13.2 Å². The summed E-state index contributed by atoms with van der Waals surface area (Å²) in [5.74, 6) is 1.04. The molecule has 27 heavy (non-hydrogen) atoms. The topological polar surface area (TPSA) is 78.1 Å². The van der Waals surface area contributed by atoms with E-state index in [4.69, 9.17) is 15.2 Å². The SMILES string of the molecule is CCOc1cc(CN=C(N)Nc2ccc(OC(F)(F)F)cc2)ccc1OC. The minimum atomic E-state index is -4.73. The van der Waals surface area contributed by atoms with Crippen LogP contribution in [0.2, 0.25) is 0 Å². The molecule has 0 aromatic heterocycles. The molecule has 0 fully saturated rings. The normalized spacial score (nSPS) is 11.8. The van der Waals surface area contributed by atoms with Crippen LogP contribution in [0, 0.1) is 0 Å². The minimum Gasteiger partial charge on any atom is -0.493 e. The molecule has 0 aliphatic carbocycles. The van der Waals surface area contributed by atoms with Crippen LogP contribution in [0.3, 0.4) is 0 Å². The molecule has 0 aliphatic rings. The van der Waals surface area contributed by atoms with E-state index in [1.54, 1.807) is 13.2 Å². The van der Waals surface area contributed by atoms with Crippen LogP contribution in [0.25, 0.3) is 0 Å². The van der Waals surface area contributed by atoms with Crippen LogP contribution in [0.5, 0.6) is 17.2 Å². The fourth-order valence-electron chi connectivity index (χ4n) is 2.19. The molecule has 0 saturated carbocycles. The molecule has 0 atom stereocenters. The lowest BCUT2D eigenvalue weighted by molar-refractivity contribution is -0.274. The Labute approximate surface area is 154 Å². The van der Waals surface area contributed by atoms with Crippen molar-refractivity contribution in [2.24, 2.45) is 10.7 Å². The summed E-state index contributed by atoms with van der Waals surface area (Å²) in [6, 6.07) is 10.6. The molecule has 146 valence electrons. The molecule has 0 saturated heterocycles. The van der Waals surface area contributed by atoms with Crippen molar-refractivity contribution in [1.82, 2.24) is 0 Å². The lowest BCUT2D eigenvalue weighted by Gasteiger charge is -2.11. The number of halogens is 3. The van der Waals surface area contributed by atoms with Gasteiger partial charge in [0.2, 0.25) is 0 Å². The zero-order valence-electron chi connectivity index (χ0n) is 14.8. The first-order valence-electron chi connectivity index (χ1n) is 8.03. The van der Waals surface area contributed by atoms with Crippen LogP contribution in [0.1, 0.15) is 12.5 Å². The van der Waals surface area contributed by atoms with Crippen LogP contribution in [0.15, 0.2) is 47.5 Å². The van der Waals surface area contributed by atoms with Crippen molar-refractivity contribution in [3.05, 3.63) is 48.0 Å². The summed E-state index contributed by atoms with van der Waals surface area (Å²) in [7, 11) is 1.56. The summed E-state index contributed by atoms with van der Waals surface area (Å²) in [5, 5.41) is 2.80. The summed E-state index contributed by atoms with van der Waals surface area (Å²) in [5.41, 5.74) is 7.16. The second-order valence-corrected chi connectivity index (χ2v) is 5.32. The number of alkyl halides is 3. The number of benzene rings is 2. The molecule has 0 unspecified atom stereocenters. The van der Waals surface area contributed by atoms with Crippen LogP contribution in [0.4, 0.5) is 18.9 Å². The fourth-order valence-corrected chi connectivity index (χ4v) is 2.19. The predicted octanol–water partition coefficient (Wildman–Crippen LogP) is 3.92. The molecular formula is C18H20F3N3O3. The molecular weight excluding hydrogens is 363 g/mol. The maximum absolute atomic E-state index is 12.1. The molecule has 0 bridgehead atoms. The number of guanidine groups is 1. The van der Waals surface area contributed by atoms with Crippen LogP contribution < -0.4 is 25.3 Å². The van der Waals surface area contributed by atoms with Crippen LogP contribution >= 0.6 is 0 Å². The molecule has 9 heteroatoms. The highest BCUT2D eigenvalue weighted by molar-refractivity contribution is 5.92. The Morgan fingerprint density at radius 3 is 2.41 bits per heavy atom. The largest absolute Gasteiger partial charge is 0.573 e. The van der Waals surface area contributed by atoms with E-state index >= 15 is 0 Å². The number of methoxy groups -OCH3 is 1. The van der Waals surface area contributed by atoms with Crippen molar-refractivity contribution in [3.63, 3.8) is 0 Å². The number of hydrogen-bond donors (Lipinski definition) is 2. The van der Waals surface area contributed by atoms with Gasteiger partial charge in [0.15, 0.2) is 17.5 Å². The van der Waals surface area contributed by atoms with Gasteiger partial charge in [-0.25, -0.2) is 4.99 Å². The highest BCUT2D eigenvalue weighted by atomic mass is 19.4. The van der Waals surface area contributed by atoms with Gasteiger partial charge in [0.05, 0.1) is 20.3 Å². The van der Waals surface area contributed by atoms with Crippen molar-refractivity contribution in [1.29, 1.82) is 0 Å². The van der Waals surface area contributed by atoms with Crippen molar-refractivity contribution in [2.75, 3.05) is 19.0 Å². The van der Waals surface area contributed by atoms with Gasteiger partial charge in [-0.2, -0.15) is 0 Å². The number of ether oxygens (including phenoxy) is 3. The molecule has 0 amide bonds. The molecule has 6 nitrogen and oxygen atoms in total. The Bertz CT molecular complexity index is 778. The zero-order chi connectivity index (χ0) is 19.9. The maximum Gasteiger partial charge on any atom is 0.573 e. The second-order valence-electron chi connectivity index (χ2n) is 5.32. The fraction of sp³-hybridized carbons (Fsp3) is 0.278. The molecule has 3 N–H and O–H groups in total. The van der Waals surface area contributed by atoms with E-state index in [2.05, 4.69) is 15.0 Å². The van der Waals surface area contributed by atoms with E-state index in [0.717, 1.165) is 5.56 Å². The molecule has 0 spiro atoms. The first kappa shape index (κ1) is 20.2. The highest BCUT2D eigenvalue weighted by Crippen LogP contribution is 2.28. The van der Waals surface area contributed by atoms with E-state index in [9.17, 15) is 13.2 Å². The molecule has 2 aromatic rings. The number of hydrogen-bond acceptors (Lipinski definition) is 4. The van der Waals surface area contributed by atoms with Crippen LogP contribution in [-0.2, 0) is 6.54 Å². The Morgan fingerprint density at radius 2 is 1.81 bits per heavy atom. The lowest BCUT2D eigenvalue weighted by Crippen LogP contribution is -2.22. The Hall–Kier alpha value is -3.10. The summed E-state index contributed by atoms with van der Waals surface area (Å²) >= 11 is 0. The summed E-state index contributed by atoms with van der Waals surface area (Å²) in [4.78, 5) is 4.20. The van der Waals surface area contributed by atoms with Gasteiger partial charge in [0, 0.05) is 5.69 Å². The lowest BCUT2D eigenvalue weighted by atomic mass is 10.2.